The van der Waals surface area contributed by atoms with Crippen LogP contribution in [0.2, 0.25) is 0 Å². The molecule has 0 aromatic heterocycles. The normalized spacial score (nSPS) is 22.4. The van der Waals surface area contributed by atoms with E-state index in [-0.39, 0.29) is 5.41 Å². The molecule has 0 bridgehead atoms. The van der Waals surface area contributed by atoms with Crippen LogP contribution in [-0.2, 0) is 4.74 Å². The van der Waals surface area contributed by atoms with Gasteiger partial charge >= 0.3 is 0 Å². The predicted octanol–water partition coefficient (Wildman–Crippen LogP) is 2.44. The Morgan fingerprint density at radius 3 is 2.00 bits per heavy atom. The van der Waals surface area contributed by atoms with Gasteiger partial charge < -0.3 is 9.64 Å². The maximum Gasteiger partial charge on any atom is 0.0594 e. The van der Waals surface area contributed by atoms with E-state index in [2.05, 4.69) is 55.0 Å². The van der Waals surface area contributed by atoms with Crippen molar-refractivity contribution in [2.24, 2.45) is 5.41 Å². The van der Waals surface area contributed by atoms with Crippen molar-refractivity contribution < 1.29 is 4.74 Å². The van der Waals surface area contributed by atoms with Crippen LogP contribution in [-0.4, -0.2) is 80.3 Å². The summed E-state index contributed by atoms with van der Waals surface area (Å²) in [5, 5.41) is 0. The van der Waals surface area contributed by atoms with Crippen molar-refractivity contribution >= 4 is 0 Å². The monoisotopic (exact) mass is 321 g/mol. The van der Waals surface area contributed by atoms with Gasteiger partial charge in [-0.15, -0.1) is 0 Å². The molecule has 0 aromatic rings. The molecular weight excluding hydrogens is 286 g/mol. The fourth-order valence-electron chi connectivity index (χ4n) is 2.92. The van der Waals surface area contributed by atoms with Crippen LogP contribution >= 0.6 is 0 Å². The zero-order valence-electron chi connectivity index (χ0n) is 15.6. The van der Waals surface area contributed by atoms with Gasteiger partial charge in [-0.05, 0) is 18.4 Å². The van der Waals surface area contributed by atoms with Crippen molar-refractivity contribution in [1.82, 2.24) is 14.7 Å². The molecule has 23 heavy (non-hydrogen) atoms. The van der Waals surface area contributed by atoms with Crippen molar-refractivity contribution in [2.75, 3.05) is 65.6 Å². The number of hydrogen-bond donors (Lipinski definition) is 0. The number of morpholine rings is 1. The Kier molecular flexibility index (Phi) is 6.69. The molecule has 2 fully saturated rings. The van der Waals surface area contributed by atoms with E-state index in [1.807, 2.05) is 0 Å². The number of nitrogens with zero attached hydrogens (tertiary/aromatic N) is 3. The lowest BCUT2D eigenvalue weighted by molar-refractivity contribution is 0.0310. The minimum Gasteiger partial charge on any atom is -0.379 e. The molecule has 4 heteroatoms. The zero-order valence-corrected chi connectivity index (χ0v) is 15.6. The molecule has 2 saturated heterocycles. The molecule has 0 amide bonds. The maximum absolute atomic E-state index is 5.41. The third kappa shape index (κ3) is 5.94. The molecule has 0 atom stereocenters. The quantitative estimate of drug-likeness (QED) is 0.724. The fourth-order valence-corrected chi connectivity index (χ4v) is 2.92. The number of rotatable bonds is 5. The summed E-state index contributed by atoms with van der Waals surface area (Å²) in [4.78, 5) is 7.53. The van der Waals surface area contributed by atoms with Gasteiger partial charge in [-0.2, -0.15) is 0 Å². The maximum atomic E-state index is 5.41. The molecule has 0 aromatic carbocycles. The Bertz CT molecular complexity index is 411. The summed E-state index contributed by atoms with van der Waals surface area (Å²) in [6.45, 7) is 24.1. The molecular formula is C19H35N3O. The van der Waals surface area contributed by atoms with Crippen LogP contribution < -0.4 is 0 Å². The van der Waals surface area contributed by atoms with Crippen LogP contribution in [0, 0.1) is 5.41 Å². The highest BCUT2D eigenvalue weighted by molar-refractivity contribution is 5.22. The van der Waals surface area contributed by atoms with Gasteiger partial charge in [-0.3, -0.25) is 9.80 Å². The molecule has 2 aliphatic rings. The molecule has 0 radical (unpaired) electrons. The van der Waals surface area contributed by atoms with E-state index in [0.717, 1.165) is 52.5 Å². The smallest absolute Gasteiger partial charge is 0.0594 e. The molecule has 0 spiro atoms. The molecule has 0 unspecified atom stereocenters. The fraction of sp³-hybridized carbons (Fsp3) is 0.789. The lowest BCUT2D eigenvalue weighted by Crippen LogP contribution is -2.48. The zero-order chi connectivity index (χ0) is 16.9. The van der Waals surface area contributed by atoms with E-state index in [1.165, 1.54) is 24.4 Å². The molecule has 4 nitrogen and oxygen atoms in total. The van der Waals surface area contributed by atoms with Crippen molar-refractivity contribution in [3.05, 3.63) is 23.9 Å². The molecule has 0 N–H and O–H groups in total. The average molecular weight is 322 g/mol. The summed E-state index contributed by atoms with van der Waals surface area (Å²) < 4.78 is 5.41. The number of piperazine rings is 1. The highest BCUT2D eigenvalue weighted by Gasteiger charge is 2.19. The number of hydrogen-bond acceptors (Lipinski definition) is 4. The third-order valence-corrected chi connectivity index (χ3v) is 5.18. The summed E-state index contributed by atoms with van der Waals surface area (Å²) in [7, 11) is 0. The first-order chi connectivity index (χ1) is 10.9. The minimum atomic E-state index is 0.225. The Hall–Kier alpha value is -0.840. The highest BCUT2D eigenvalue weighted by Crippen LogP contribution is 2.26. The predicted molar refractivity (Wildman–Crippen MR) is 97.6 cm³/mol. The van der Waals surface area contributed by atoms with Gasteiger partial charge in [0, 0.05) is 58.1 Å². The Morgan fingerprint density at radius 1 is 0.957 bits per heavy atom. The van der Waals surface area contributed by atoms with Gasteiger partial charge in [0.15, 0.2) is 0 Å². The van der Waals surface area contributed by atoms with Crippen molar-refractivity contribution in [3.63, 3.8) is 0 Å². The molecule has 0 aliphatic carbocycles. The summed E-state index contributed by atoms with van der Waals surface area (Å²) in [6.07, 6.45) is 2.27. The second kappa shape index (κ2) is 8.32. The Balaban J connectivity index is 1.72. The van der Waals surface area contributed by atoms with E-state index >= 15 is 0 Å². The van der Waals surface area contributed by atoms with Crippen LogP contribution in [0.15, 0.2) is 23.9 Å². The van der Waals surface area contributed by atoms with Crippen LogP contribution in [0.5, 0.6) is 0 Å². The lowest BCUT2D eigenvalue weighted by Gasteiger charge is -2.38. The van der Waals surface area contributed by atoms with E-state index < -0.39 is 0 Å². The lowest BCUT2D eigenvalue weighted by atomic mass is 9.87. The Morgan fingerprint density at radius 2 is 1.48 bits per heavy atom. The molecule has 132 valence electrons. The second-order valence-corrected chi connectivity index (χ2v) is 7.85. The molecule has 2 aliphatic heterocycles. The van der Waals surface area contributed by atoms with E-state index in [9.17, 15) is 0 Å². The van der Waals surface area contributed by atoms with Crippen LogP contribution in [0.25, 0.3) is 0 Å². The van der Waals surface area contributed by atoms with Gasteiger partial charge in [-0.25, -0.2) is 0 Å². The van der Waals surface area contributed by atoms with Gasteiger partial charge in [0.05, 0.1) is 13.2 Å². The van der Waals surface area contributed by atoms with Gasteiger partial charge in [0.25, 0.3) is 0 Å². The van der Waals surface area contributed by atoms with Gasteiger partial charge in [0.2, 0.25) is 0 Å². The first-order valence-electron chi connectivity index (χ1n) is 9.01. The number of allylic oxidation sites excluding steroid dienone is 2. The van der Waals surface area contributed by atoms with E-state index in [4.69, 9.17) is 4.74 Å². The molecule has 2 rings (SSSR count). The standard InChI is InChI=1S/C19H35N3O/c1-17(19(3,4)5)16-18(2)22-10-8-20(9-11-22)6-7-21-12-14-23-15-13-21/h16H,2,6-15H2,1,3-5H3/b17-16+. The van der Waals surface area contributed by atoms with Crippen molar-refractivity contribution in [2.45, 2.75) is 27.7 Å². The van der Waals surface area contributed by atoms with E-state index in [1.54, 1.807) is 0 Å². The largest absolute Gasteiger partial charge is 0.379 e. The van der Waals surface area contributed by atoms with Gasteiger partial charge in [0.1, 0.15) is 0 Å². The SMILES string of the molecule is C=C(/C=C(\C)C(C)(C)C)N1CCN(CCN2CCOCC2)CC1. The van der Waals surface area contributed by atoms with Crippen LogP contribution in [0.3, 0.4) is 0 Å². The minimum absolute atomic E-state index is 0.225. The highest BCUT2D eigenvalue weighted by atomic mass is 16.5. The topological polar surface area (TPSA) is 19.0 Å². The Labute approximate surface area is 142 Å². The van der Waals surface area contributed by atoms with Crippen molar-refractivity contribution in [1.29, 1.82) is 0 Å². The van der Waals surface area contributed by atoms with E-state index in [0.29, 0.717) is 0 Å². The summed E-state index contributed by atoms with van der Waals surface area (Å²) in [5.41, 5.74) is 2.80. The first kappa shape index (κ1) is 18.5. The summed E-state index contributed by atoms with van der Waals surface area (Å²) >= 11 is 0. The first-order valence-corrected chi connectivity index (χ1v) is 9.01. The summed E-state index contributed by atoms with van der Waals surface area (Å²) in [5.74, 6) is 0. The number of ether oxygens (including phenoxy) is 1. The molecule has 2 heterocycles. The van der Waals surface area contributed by atoms with Gasteiger partial charge in [-0.1, -0.05) is 32.9 Å². The second-order valence-electron chi connectivity index (χ2n) is 7.85. The third-order valence-electron chi connectivity index (χ3n) is 5.18. The molecule has 0 saturated carbocycles. The summed E-state index contributed by atoms with van der Waals surface area (Å²) in [6, 6.07) is 0. The van der Waals surface area contributed by atoms with Crippen LogP contribution in [0.4, 0.5) is 0 Å². The van der Waals surface area contributed by atoms with Crippen molar-refractivity contribution in [3.8, 4) is 0 Å². The van der Waals surface area contributed by atoms with Crippen LogP contribution in [0.1, 0.15) is 27.7 Å². The average Bonchev–Trinajstić information content (AvgIpc) is 2.53.